The van der Waals surface area contributed by atoms with E-state index < -0.39 is 5.97 Å². The van der Waals surface area contributed by atoms with E-state index in [1.54, 1.807) is 16.9 Å². The van der Waals surface area contributed by atoms with Gasteiger partial charge in [-0.05, 0) is 19.9 Å². The molecule has 0 radical (unpaired) electrons. The average molecular weight is 270 g/mol. The lowest BCUT2D eigenvalue weighted by Gasteiger charge is -2.05. The van der Waals surface area contributed by atoms with E-state index in [-0.39, 0.29) is 5.69 Å². The highest BCUT2D eigenvalue weighted by molar-refractivity contribution is 5.85. The summed E-state index contributed by atoms with van der Waals surface area (Å²) in [7, 11) is 1.86. The molecule has 3 aromatic heterocycles. The standard InChI is InChI=1S/C13H13N5O2/c1-7-12(8(2)17(3)15-7)10-4-5-14-11-6-9(13(19)20)16-18(10)11/h4-6H,1-3H3,(H,19,20)/p-1. The van der Waals surface area contributed by atoms with Crippen molar-refractivity contribution in [2.75, 3.05) is 0 Å². The third-order valence-electron chi connectivity index (χ3n) is 3.33. The van der Waals surface area contributed by atoms with E-state index in [4.69, 9.17) is 0 Å². The molecule has 0 saturated heterocycles. The molecule has 7 heteroatoms. The summed E-state index contributed by atoms with van der Waals surface area (Å²) in [6, 6.07) is 3.18. The van der Waals surface area contributed by atoms with Gasteiger partial charge in [0.15, 0.2) is 5.65 Å². The molecule has 0 atom stereocenters. The maximum absolute atomic E-state index is 10.9. The number of aromatic carboxylic acids is 1. The van der Waals surface area contributed by atoms with Gasteiger partial charge >= 0.3 is 0 Å². The Hall–Kier alpha value is -2.70. The van der Waals surface area contributed by atoms with Crippen molar-refractivity contribution in [3.8, 4) is 11.3 Å². The SMILES string of the molecule is Cc1nn(C)c(C)c1-c1ccnc2cc(C(=O)[O-])nn12. The molecular formula is C13H12N5O2-. The minimum absolute atomic E-state index is 0.135. The molecule has 0 bridgehead atoms. The molecule has 3 rings (SSSR count). The maximum atomic E-state index is 10.9. The zero-order valence-electron chi connectivity index (χ0n) is 11.3. The van der Waals surface area contributed by atoms with Gasteiger partial charge in [-0.25, -0.2) is 9.50 Å². The summed E-state index contributed by atoms with van der Waals surface area (Å²) in [4.78, 5) is 15.0. The fourth-order valence-corrected chi connectivity index (χ4v) is 2.33. The molecule has 0 saturated carbocycles. The number of rotatable bonds is 2. The molecule has 0 spiro atoms. The van der Waals surface area contributed by atoms with Crippen molar-refractivity contribution in [2.24, 2.45) is 7.05 Å². The number of nitrogens with zero attached hydrogens (tertiary/aromatic N) is 5. The van der Waals surface area contributed by atoms with E-state index in [2.05, 4.69) is 15.2 Å². The summed E-state index contributed by atoms with van der Waals surface area (Å²) < 4.78 is 3.28. The highest BCUT2D eigenvalue weighted by Crippen LogP contribution is 2.26. The Morgan fingerprint density at radius 2 is 2.05 bits per heavy atom. The van der Waals surface area contributed by atoms with E-state index in [1.165, 1.54) is 10.6 Å². The minimum atomic E-state index is -1.32. The van der Waals surface area contributed by atoms with Gasteiger partial charge in [-0.15, -0.1) is 0 Å². The third-order valence-corrected chi connectivity index (χ3v) is 3.33. The minimum Gasteiger partial charge on any atom is -0.543 e. The van der Waals surface area contributed by atoms with Gasteiger partial charge in [-0.1, -0.05) is 0 Å². The number of carboxylic acid groups (broad SMARTS) is 1. The summed E-state index contributed by atoms with van der Waals surface area (Å²) in [5.41, 5.74) is 3.83. The fourth-order valence-electron chi connectivity index (χ4n) is 2.33. The maximum Gasteiger partial charge on any atom is 0.156 e. The summed E-state index contributed by atoms with van der Waals surface area (Å²) in [5.74, 6) is -1.32. The van der Waals surface area contributed by atoms with Gasteiger partial charge in [-0.3, -0.25) is 4.68 Å². The van der Waals surface area contributed by atoms with E-state index in [9.17, 15) is 9.90 Å². The molecule has 0 fully saturated rings. The van der Waals surface area contributed by atoms with Crippen LogP contribution in [0.15, 0.2) is 18.3 Å². The van der Waals surface area contributed by atoms with Crippen molar-refractivity contribution in [1.82, 2.24) is 24.4 Å². The number of hydrogen-bond donors (Lipinski definition) is 0. The second kappa shape index (κ2) is 4.16. The topological polar surface area (TPSA) is 88.1 Å². The van der Waals surface area contributed by atoms with Crippen molar-refractivity contribution < 1.29 is 9.90 Å². The largest absolute Gasteiger partial charge is 0.543 e. The molecule has 3 heterocycles. The monoisotopic (exact) mass is 270 g/mol. The Kier molecular flexibility index (Phi) is 2.56. The Balaban J connectivity index is 2.33. The van der Waals surface area contributed by atoms with Crippen molar-refractivity contribution >= 4 is 11.6 Å². The van der Waals surface area contributed by atoms with Crippen molar-refractivity contribution in [3.05, 3.63) is 35.4 Å². The molecule has 0 aliphatic heterocycles. The molecule has 7 nitrogen and oxygen atoms in total. The van der Waals surface area contributed by atoms with Crippen LogP contribution in [-0.4, -0.2) is 30.3 Å². The third kappa shape index (κ3) is 1.67. The number of carbonyl (C=O) groups is 1. The van der Waals surface area contributed by atoms with Crippen LogP contribution in [0.2, 0.25) is 0 Å². The molecule has 0 amide bonds. The molecule has 0 aromatic carbocycles. The first-order valence-electron chi connectivity index (χ1n) is 6.05. The van der Waals surface area contributed by atoms with E-state index in [0.29, 0.717) is 5.65 Å². The lowest BCUT2D eigenvalue weighted by molar-refractivity contribution is -0.255. The molecule has 0 aliphatic rings. The number of fused-ring (bicyclic) bond motifs is 1. The van der Waals surface area contributed by atoms with Gasteiger partial charge in [0.2, 0.25) is 0 Å². The quantitative estimate of drug-likeness (QED) is 0.659. The molecular weight excluding hydrogens is 258 g/mol. The molecule has 0 N–H and O–H groups in total. The highest BCUT2D eigenvalue weighted by atomic mass is 16.4. The first-order valence-corrected chi connectivity index (χ1v) is 6.05. The Morgan fingerprint density at radius 3 is 2.65 bits per heavy atom. The fraction of sp³-hybridized carbons (Fsp3) is 0.231. The lowest BCUT2D eigenvalue weighted by Crippen LogP contribution is -2.22. The Labute approximate surface area is 114 Å². The van der Waals surface area contributed by atoms with Gasteiger partial charge in [0.1, 0.15) is 5.69 Å². The molecule has 20 heavy (non-hydrogen) atoms. The van der Waals surface area contributed by atoms with E-state index >= 15 is 0 Å². The smallest absolute Gasteiger partial charge is 0.156 e. The summed E-state index contributed by atoms with van der Waals surface area (Å²) in [6.45, 7) is 3.85. The first kappa shape index (κ1) is 12.3. The van der Waals surface area contributed by atoms with Crippen LogP contribution < -0.4 is 5.11 Å². The van der Waals surface area contributed by atoms with Crippen LogP contribution in [0.3, 0.4) is 0 Å². The Morgan fingerprint density at radius 1 is 1.30 bits per heavy atom. The first-order chi connectivity index (χ1) is 9.49. The van der Waals surface area contributed by atoms with Crippen LogP contribution in [0.5, 0.6) is 0 Å². The number of carbonyl (C=O) groups excluding carboxylic acids is 1. The lowest BCUT2D eigenvalue weighted by atomic mass is 10.1. The van der Waals surface area contributed by atoms with Crippen LogP contribution in [-0.2, 0) is 7.05 Å². The molecule has 0 aliphatic carbocycles. The van der Waals surface area contributed by atoms with Crippen LogP contribution >= 0.6 is 0 Å². The summed E-state index contributed by atoms with van der Waals surface area (Å²) >= 11 is 0. The van der Waals surface area contributed by atoms with Gasteiger partial charge in [0, 0.05) is 30.6 Å². The zero-order chi connectivity index (χ0) is 14.4. The van der Waals surface area contributed by atoms with Crippen molar-refractivity contribution in [1.29, 1.82) is 0 Å². The van der Waals surface area contributed by atoms with Gasteiger partial charge in [-0.2, -0.15) is 10.2 Å². The van der Waals surface area contributed by atoms with E-state index in [0.717, 1.165) is 22.6 Å². The van der Waals surface area contributed by atoms with Crippen LogP contribution in [0.4, 0.5) is 0 Å². The second-order valence-corrected chi connectivity index (χ2v) is 4.59. The highest BCUT2D eigenvalue weighted by Gasteiger charge is 2.16. The number of aryl methyl sites for hydroxylation is 2. The molecule has 102 valence electrons. The Bertz CT molecular complexity index is 831. The van der Waals surface area contributed by atoms with Crippen LogP contribution in [0.25, 0.3) is 16.9 Å². The normalized spacial score (nSPS) is 11.2. The summed E-state index contributed by atoms with van der Waals surface area (Å²) in [6.07, 6.45) is 1.62. The van der Waals surface area contributed by atoms with Gasteiger partial charge in [0.05, 0.1) is 17.4 Å². The van der Waals surface area contributed by atoms with Gasteiger partial charge in [0.25, 0.3) is 0 Å². The van der Waals surface area contributed by atoms with E-state index in [1.807, 2.05) is 20.9 Å². The van der Waals surface area contributed by atoms with Crippen LogP contribution in [0, 0.1) is 13.8 Å². The average Bonchev–Trinajstić information content (AvgIpc) is 2.92. The number of hydrogen-bond acceptors (Lipinski definition) is 5. The predicted octanol–water partition coefficient (Wildman–Crippen LogP) is 0.110. The predicted molar refractivity (Wildman–Crippen MR) is 69.0 cm³/mol. The van der Waals surface area contributed by atoms with Crippen LogP contribution in [0.1, 0.15) is 21.9 Å². The van der Waals surface area contributed by atoms with Crippen molar-refractivity contribution in [2.45, 2.75) is 13.8 Å². The molecule has 3 aromatic rings. The second-order valence-electron chi connectivity index (χ2n) is 4.59. The zero-order valence-corrected chi connectivity index (χ0v) is 11.3. The summed E-state index contributed by atoms with van der Waals surface area (Å²) in [5, 5.41) is 19.3. The number of carboxylic acids is 1. The van der Waals surface area contributed by atoms with Crippen molar-refractivity contribution in [3.63, 3.8) is 0 Å². The van der Waals surface area contributed by atoms with Gasteiger partial charge < -0.3 is 9.90 Å². The number of aromatic nitrogens is 5. The molecule has 0 unspecified atom stereocenters.